The lowest BCUT2D eigenvalue weighted by Crippen LogP contribution is -2.37. The smallest absolute Gasteiger partial charge is 0.246 e. The first-order chi connectivity index (χ1) is 13.3. The zero-order valence-electron chi connectivity index (χ0n) is 16.5. The average molecular weight is 403 g/mol. The molecule has 0 aliphatic carbocycles. The molecule has 1 amide bonds. The number of nitrogens with one attached hydrogen (secondary N) is 1. The lowest BCUT2D eigenvalue weighted by molar-refractivity contribution is -0.125. The molecule has 2 aromatic rings. The molecular weight excluding hydrogens is 376 g/mol. The van der Waals surface area contributed by atoms with Crippen molar-refractivity contribution < 1.29 is 13.2 Å². The van der Waals surface area contributed by atoms with Gasteiger partial charge in [-0.15, -0.1) is 0 Å². The lowest BCUT2D eigenvalue weighted by Gasteiger charge is -2.21. The zero-order valence-corrected chi connectivity index (χ0v) is 17.3. The minimum absolute atomic E-state index is 0.0989. The lowest BCUT2D eigenvalue weighted by atomic mass is 10.1. The van der Waals surface area contributed by atoms with Crippen molar-refractivity contribution in [2.75, 3.05) is 26.2 Å². The monoisotopic (exact) mass is 402 g/mol. The molecule has 3 rings (SSSR count). The largest absolute Gasteiger partial charge is 0.338 e. The Morgan fingerprint density at radius 3 is 2.54 bits per heavy atom. The molecule has 1 aromatic carbocycles. The molecule has 1 N–H and O–H groups in total. The van der Waals surface area contributed by atoms with Crippen LogP contribution in [0.2, 0.25) is 0 Å². The van der Waals surface area contributed by atoms with Crippen LogP contribution in [0.5, 0.6) is 0 Å². The quantitative estimate of drug-likeness (QED) is 0.795. The molecule has 0 bridgehead atoms. The predicted octanol–water partition coefficient (Wildman–Crippen LogP) is 2.27. The third-order valence-electron chi connectivity index (χ3n) is 5.02. The number of H-pyrrole nitrogens is 1. The van der Waals surface area contributed by atoms with Gasteiger partial charge in [-0.25, -0.2) is 8.42 Å². The summed E-state index contributed by atoms with van der Waals surface area (Å²) in [6, 6.07) is 7.86. The van der Waals surface area contributed by atoms with Crippen molar-refractivity contribution in [2.24, 2.45) is 0 Å². The molecule has 8 heteroatoms. The van der Waals surface area contributed by atoms with E-state index < -0.39 is 10.0 Å². The molecule has 1 saturated heterocycles. The SMILES string of the molecule is Cc1ccccc1/C=C/C(=O)N1CCCN(S(=O)(=O)c2c(C)n[nH]c2C)CC1. The molecule has 0 saturated carbocycles. The van der Waals surface area contributed by atoms with E-state index in [0.717, 1.165) is 11.1 Å². The standard InChI is InChI=1S/C20H26N4O3S/c1-15-7-4-5-8-18(15)9-10-19(25)23-11-6-12-24(14-13-23)28(26,27)20-16(2)21-22-17(20)3/h4-5,7-10H,6,11-14H2,1-3H3,(H,21,22)/b10-9+. The number of rotatable bonds is 4. The number of hydrogen-bond donors (Lipinski definition) is 1. The van der Waals surface area contributed by atoms with Crippen LogP contribution in [-0.4, -0.2) is 59.9 Å². The molecular formula is C20H26N4O3S. The highest BCUT2D eigenvalue weighted by molar-refractivity contribution is 7.89. The Bertz CT molecular complexity index is 975. The summed E-state index contributed by atoms with van der Waals surface area (Å²) in [4.78, 5) is 14.5. The Morgan fingerprint density at radius 1 is 1.11 bits per heavy atom. The van der Waals surface area contributed by atoms with E-state index in [0.29, 0.717) is 37.4 Å². The van der Waals surface area contributed by atoms with Gasteiger partial charge < -0.3 is 4.90 Å². The summed E-state index contributed by atoms with van der Waals surface area (Å²) < 4.78 is 27.5. The maximum atomic E-state index is 13.0. The van der Waals surface area contributed by atoms with E-state index >= 15 is 0 Å². The second-order valence-corrected chi connectivity index (χ2v) is 8.91. The number of aromatic amines is 1. The van der Waals surface area contributed by atoms with Crippen LogP contribution in [0.3, 0.4) is 0 Å². The number of carbonyl (C=O) groups excluding carboxylic acids is 1. The summed E-state index contributed by atoms with van der Waals surface area (Å²) in [5, 5.41) is 6.73. The van der Waals surface area contributed by atoms with Crippen LogP contribution < -0.4 is 0 Å². The Balaban J connectivity index is 1.70. The number of aromatic nitrogens is 2. The Kier molecular flexibility index (Phi) is 6.00. The number of sulfonamides is 1. The maximum Gasteiger partial charge on any atom is 0.246 e. The maximum absolute atomic E-state index is 13.0. The highest BCUT2D eigenvalue weighted by Crippen LogP contribution is 2.23. The van der Waals surface area contributed by atoms with Crippen molar-refractivity contribution in [3.63, 3.8) is 0 Å². The van der Waals surface area contributed by atoms with Crippen LogP contribution in [0.15, 0.2) is 35.2 Å². The number of hydrogen-bond acceptors (Lipinski definition) is 4. The van der Waals surface area contributed by atoms with Gasteiger partial charge in [0, 0.05) is 32.3 Å². The number of carbonyl (C=O) groups is 1. The second-order valence-electron chi connectivity index (χ2n) is 7.04. The fraction of sp³-hybridized carbons (Fsp3) is 0.400. The highest BCUT2D eigenvalue weighted by Gasteiger charge is 2.31. The van der Waals surface area contributed by atoms with Gasteiger partial charge in [-0.05, 0) is 44.4 Å². The summed E-state index contributed by atoms with van der Waals surface area (Å²) in [7, 11) is -3.63. The normalized spacial score (nSPS) is 16.5. The summed E-state index contributed by atoms with van der Waals surface area (Å²) in [6.07, 6.45) is 3.98. The number of benzene rings is 1. The summed E-state index contributed by atoms with van der Waals surface area (Å²) in [6.45, 7) is 6.95. The van der Waals surface area contributed by atoms with Crippen molar-refractivity contribution in [1.29, 1.82) is 0 Å². The molecule has 1 fully saturated rings. The zero-order chi connectivity index (χ0) is 20.3. The van der Waals surface area contributed by atoms with Gasteiger partial charge in [0.25, 0.3) is 0 Å². The molecule has 1 aliphatic rings. The minimum atomic E-state index is -3.63. The first kappa shape index (κ1) is 20.3. The van der Waals surface area contributed by atoms with Crippen LogP contribution in [0.25, 0.3) is 6.08 Å². The third-order valence-corrected chi connectivity index (χ3v) is 7.18. The van der Waals surface area contributed by atoms with Gasteiger partial charge in [-0.1, -0.05) is 24.3 Å². The van der Waals surface area contributed by atoms with Crippen molar-refractivity contribution in [2.45, 2.75) is 32.1 Å². The number of nitrogens with zero attached hydrogens (tertiary/aromatic N) is 3. The van der Waals surface area contributed by atoms with Gasteiger partial charge in [-0.2, -0.15) is 9.40 Å². The van der Waals surface area contributed by atoms with E-state index in [1.165, 1.54) is 4.31 Å². The van der Waals surface area contributed by atoms with E-state index in [1.54, 1.807) is 24.8 Å². The van der Waals surface area contributed by atoms with Gasteiger partial charge >= 0.3 is 0 Å². The fourth-order valence-electron chi connectivity index (χ4n) is 3.44. The Morgan fingerprint density at radius 2 is 1.86 bits per heavy atom. The van der Waals surface area contributed by atoms with E-state index in [4.69, 9.17) is 0 Å². The average Bonchev–Trinajstić information content (AvgIpc) is 2.86. The Labute approximate surface area is 166 Å². The third kappa shape index (κ3) is 4.18. The predicted molar refractivity (Wildman–Crippen MR) is 108 cm³/mol. The fourth-order valence-corrected chi connectivity index (χ4v) is 5.25. The van der Waals surface area contributed by atoms with E-state index in [2.05, 4.69) is 10.2 Å². The number of amides is 1. The molecule has 28 heavy (non-hydrogen) atoms. The van der Waals surface area contributed by atoms with Gasteiger partial charge in [0.15, 0.2) is 0 Å². The molecule has 1 aliphatic heterocycles. The van der Waals surface area contributed by atoms with E-state index in [9.17, 15) is 13.2 Å². The van der Waals surface area contributed by atoms with Crippen molar-refractivity contribution >= 4 is 22.0 Å². The molecule has 0 atom stereocenters. The minimum Gasteiger partial charge on any atom is -0.338 e. The first-order valence-electron chi connectivity index (χ1n) is 9.35. The summed E-state index contributed by atoms with van der Waals surface area (Å²) in [5.74, 6) is -0.0989. The van der Waals surface area contributed by atoms with Gasteiger partial charge in [0.1, 0.15) is 4.90 Å². The molecule has 2 heterocycles. The van der Waals surface area contributed by atoms with Crippen LogP contribution in [0.4, 0.5) is 0 Å². The van der Waals surface area contributed by atoms with Gasteiger partial charge in [0.2, 0.25) is 15.9 Å². The molecule has 0 spiro atoms. The highest BCUT2D eigenvalue weighted by atomic mass is 32.2. The Hall–Kier alpha value is -2.45. The molecule has 1 aromatic heterocycles. The topological polar surface area (TPSA) is 86.4 Å². The van der Waals surface area contributed by atoms with Gasteiger partial charge in [-0.3, -0.25) is 9.89 Å². The second kappa shape index (κ2) is 8.28. The van der Waals surface area contributed by atoms with Crippen molar-refractivity contribution in [3.8, 4) is 0 Å². The molecule has 7 nitrogen and oxygen atoms in total. The van der Waals surface area contributed by atoms with Crippen LogP contribution in [-0.2, 0) is 14.8 Å². The first-order valence-corrected chi connectivity index (χ1v) is 10.8. The number of aryl methyl sites for hydroxylation is 3. The van der Waals surface area contributed by atoms with Crippen LogP contribution in [0, 0.1) is 20.8 Å². The molecule has 0 radical (unpaired) electrons. The summed E-state index contributed by atoms with van der Waals surface area (Å²) in [5.41, 5.74) is 3.11. The molecule has 150 valence electrons. The van der Waals surface area contributed by atoms with Crippen LogP contribution in [0.1, 0.15) is 28.9 Å². The van der Waals surface area contributed by atoms with Crippen molar-refractivity contribution in [3.05, 3.63) is 52.9 Å². The summed E-state index contributed by atoms with van der Waals surface area (Å²) >= 11 is 0. The molecule has 0 unspecified atom stereocenters. The van der Waals surface area contributed by atoms with E-state index in [1.807, 2.05) is 37.3 Å². The van der Waals surface area contributed by atoms with E-state index in [-0.39, 0.29) is 17.3 Å². The van der Waals surface area contributed by atoms with Gasteiger partial charge in [0.05, 0.1) is 11.4 Å². The van der Waals surface area contributed by atoms with Crippen LogP contribution >= 0.6 is 0 Å². The van der Waals surface area contributed by atoms with Crippen molar-refractivity contribution in [1.82, 2.24) is 19.4 Å².